The molecule has 0 aliphatic carbocycles. The Morgan fingerprint density at radius 2 is 2.20 bits per heavy atom. The van der Waals surface area contributed by atoms with Crippen LogP contribution in [0.5, 0.6) is 5.75 Å². The van der Waals surface area contributed by atoms with Gasteiger partial charge in [-0.2, -0.15) is 0 Å². The van der Waals surface area contributed by atoms with E-state index in [9.17, 15) is 9.59 Å². The van der Waals surface area contributed by atoms with Crippen LogP contribution in [-0.2, 0) is 4.79 Å². The van der Waals surface area contributed by atoms with Gasteiger partial charge in [-0.3, -0.25) is 9.59 Å². The summed E-state index contributed by atoms with van der Waals surface area (Å²) >= 11 is 0. The minimum Gasteiger partial charge on any atom is -0.487 e. The summed E-state index contributed by atoms with van der Waals surface area (Å²) in [7, 11) is 0. The van der Waals surface area contributed by atoms with Crippen LogP contribution in [0, 0.1) is 0 Å². The summed E-state index contributed by atoms with van der Waals surface area (Å²) in [5.74, 6) is 0.992. The van der Waals surface area contributed by atoms with Crippen molar-refractivity contribution in [2.24, 2.45) is 0 Å². The Kier molecular flexibility index (Phi) is 3.04. The summed E-state index contributed by atoms with van der Waals surface area (Å²) in [6.45, 7) is 4.87. The third-order valence-electron chi connectivity index (χ3n) is 4.09. The first kappa shape index (κ1) is 13.2. The van der Waals surface area contributed by atoms with E-state index in [2.05, 4.69) is 0 Å². The highest BCUT2D eigenvalue weighted by Gasteiger charge is 2.39. The maximum atomic E-state index is 12.1. The van der Waals surface area contributed by atoms with Gasteiger partial charge in [0.05, 0.1) is 6.04 Å². The Balaban J connectivity index is 2.05. The van der Waals surface area contributed by atoms with Crippen LogP contribution in [0.3, 0.4) is 0 Å². The molecule has 1 saturated heterocycles. The van der Waals surface area contributed by atoms with Crippen molar-refractivity contribution in [1.82, 2.24) is 4.90 Å². The fourth-order valence-electron chi connectivity index (χ4n) is 3.19. The van der Waals surface area contributed by atoms with Gasteiger partial charge in [0.1, 0.15) is 17.6 Å². The van der Waals surface area contributed by atoms with Crippen LogP contribution >= 0.6 is 0 Å². The Morgan fingerprint density at radius 1 is 1.40 bits per heavy atom. The molecule has 106 valence electrons. The molecule has 4 nitrogen and oxygen atoms in total. The van der Waals surface area contributed by atoms with Crippen LogP contribution < -0.4 is 4.74 Å². The second-order valence-electron chi connectivity index (χ2n) is 6.19. The minimum atomic E-state index is -0.302. The number of hydrogen-bond acceptors (Lipinski definition) is 3. The molecule has 20 heavy (non-hydrogen) atoms. The SMILES string of the molecule is CC1(C)CC(N2CCCC2=O)c2cc(C=O)ccc2O1. The molecule has 1 amide bonds. The van der Waals surface area contributed by atoms with Gasteiger partial charge in [0.2, 0.25) is 5.91 Å². The maximum absolute atomic E-state index is 12.1. The van der Waals surface area contributed by atoms with Gasteiger partial charge in [0.25, 0.3) is 0 Å². The molecular formula is C16H19NO3. The van der Waals surface area contributed by atoms with Gasteiger partial charge >= 0.3 is 0 Å². The van der Waals surface area contributed by atoms with Gasteiger partial charge in [-0.1, -0.05) is 0 Å². The van der Waals surface area contributed by atoms with E-state index >= 15 is 0 Å². The molecule has 2 aliphatic rings. The summed E-state index contributed by atoms with van der Waals surface area (Å²) in [6, 6.07) is 5.47. The van der Waals surface area contributed by atoms with E-state index in [0.717, 1.165) is 37.0 Å². The van der Waals surface area contributed by atoms with E-state index in [0.29, 0.717) is 12.0 Å². The first-order chi connectivity index (χ1) is 9.50. The summed E-state index contributed by atoms with van der Waals surface area (Å²) in [5, 5.41) is 0. The molecule has 2 aliphatic heterocycles. The van der Waals surface area contributed by atoms with Gasteiger partial charge in [-0.15, -0.1) is 0 Å². The molecule has 0 aromatic heterocycles. The molecule has 1 unspecified atom stereocenters. The average Bonchev–Trinajstić information content (AvgIpc) is 2.82. The first-order valence-electron chi connectivity index (χ1n) is 7.08. The molecule has 0 radical (unpaired) electrons. The fraction of sp³-hybridized carbons (Fsp3) is 0.500. The number of fused-ring (bicyclic) bond motifs is 1. The van der Waals surface area contributed by atoms with Crippen molar-refractivity contribution in [3.05, 3.63) is 29.3 Å². The minimum absolute atomic E-state index is 0.0173. The first-order valence-corrected chi connectivity index (χ1v) is 7.08. The monoisotopic (exact) mass is 273 g/mol. The van der Waals surface area contributed by atoms with Gasteiger partial charge in [-0.25, -0.2) is 0 Å². The predicted molar refractivity (Wildman–Crippen MR) is 74.8 cm³/mol. The molecule has 1 aromatic carbocycles. The van der Waals surface area contributed by atoms with Crippen LogP contribution in [-0.4, -0.2) is 29.2 Å². The number of ether oxygens (including phenoxy) is 1. The molecule has 2 heterocycles. The van der Waals surface area contributed by atoms with Crippen LogP contribution in [0.1, 0.15) is 55.1 Å². The second-order valence-corrected chi connectivity index (χ2v) is 6.19. The largest absolute Gasteiger partial charge is 0.487 e. The van der Waals surface area contributed by atoms with Crippen molar-refractivity contribution in [1.29, 1.82) is 0 Å². The van der Waals surface area contributed by atoms with Crippen LogP contribution in [0.4, 0.5) is 0 Å². The lowest BCUT2D eigenvalue weighted by atomic mass is 9.88. The lowest BCUT2D eigenvalue weighted by Gasteiger charge is -2.41. The van der Waals surface area contributed by atoms with E-state index in [-0.39, 0.29) is 17.6 Å². The lowest BCUT2D eigenvalue weighted by Crippen LogP contribution is -2.42. The zero-order valence-electron chi connectivity index (χ0n) is 11.9. The Hall–Kier alpha value is -1.84. The van der Waals surface area contributed by atoms with Crippen LogP contribution in [0.15, 0.2) is 18.2 Å². The second kappa shape index (κ2) is 4.62. The molecule has 0 bridgehead atoms. The zero-order chi connectivity index (χ0) is 14.3. The molecule has 1 fully saturated rings. The van der Waals surface area contributed by atoms with E-state index in [1.807, 2.05) is 30.9 Å². The number of nitrogens with zero attached hydrogens (tertiary/aromatic N) is 1. The highest BCUT2D eigenvalue weighted by atomic mass is 16.5. The van der Waals surface area contributed by atoms with Crippen molar-refractivity contribution >= 4 is 12.2 Å². The molecular weight excluding hydrogens is 254 g/mol. The number of likely N-dealkylation sites (tertiary alicyclic amines) is 1. The molecule has 0 N–H and O–H groups in total. The molecule has 1 aromatic rings. The molecule has 4 heteroatoms. The smallest absolute Gasteiger partial charge is 0.223 e. The molecule has 3 rings (SSSR count). The predicted octanol–water partition coefficient (Wildman–Crippen LogP) is 2.72. The Bertz CT molecular complexity index is 565. The van der Waals surface area contributed by atoms with E-state index in [4.69, 9.17) is 4.74 Å². The van der Waals surface area contributed by atoms with Gasteiger partial charge < -0.3 is 9.64 Å². The van der Waals surface area contributed by atoms with Crippen molar-refractivity contribution in [2.75, 3.05) is 6.54 Å². The summed E-state index contributed by atoms with van der Waals surface area (Å²) in [4.78, 5) is 25.0. The van der Waals surface area contributed by atoms with Crippen molar-refractivity contribution in [2.45, 2.75) is 44.8 Å². The van der Waals surface area contributed by atoms with Crippen LogP contribution in [0.2, 0.25) is 0 Å². The Labute approximate surface area is 118 Å². The highest BCUT2D eigenvalue weighted by Crippen LogP contribution is 2.44. The van der Waals surface area contributed by atoms with Crippen LogP contribution in [0.25, 0.3) is 0 Å². The number of aldehydes is 1. The third-order valence-corrected chi connectivity index (χ3v) is 4.09. The molecule has 0 saturated carbocycles. The van der Waals surface area contributed by atoms with Gasteiger partial charge in [0.15, 0.2) is 0 Å². The molecule has 0 spiro atoms. The Morgan fingerprint density at radius 3 is 2.85 bits per heavy atom. The third kappa shape index (κ3) is 2.19. The van der Waals surface area contributed by atoms with E-state index in [1.54, 1.807) is 6.07 Å². The number of carbonyl (C=O) groups is 2. The summed E-state index contributed by atoms with van der Waals surface area (Å²) in [6.07, 6.45) is 3.14. The van der Waals surface area contributed by atoms with Gasteiger partial charge in [0, 0.05) is 30.5 Å². The normalized spacial score (nSPS) is 24.2. The number of hydrogen-bond donors (Lipinski definition) is 0. The van der Waals surface area contributed by atoms with Crippen molar-refractivity contribution < 1.29 is 14.3 Å². The molecule has 1 atom stereocenters. The van der Waals surface area contributed by atoms with Crippen molar-refractivity contribution in [3.63, 3.8) is 0 Å². The number of carbonyl (C=O) groups excluding carboxylic acids is 2. The topological polar surface area (TPSA) is 46.6 Å². The number of rotatable bonds is 2. The average molecular weight is 273 g/mol. The maximum Gasteiger partial charge on any atom is 0.223 e. The van der Waals surface area contributed by atoms with Crippen molar-refractivity contribution in [3.8, 4) is 5.75 Å². The van der Waals surface area contributed by atoms with E-state index in [1.165, 1.54) is 0 Å². The quantitative estimate of drug-likeness (QED) is 0.778. The lowest BCUT2D eigenvalue weighted by molar-refractivity contribution is -0.131. The highest BCUT2D eigenvalue weighted by molar-refractivity contribution is 5.79. The number of amides is 1. The zero-order valence-corrected chi connectivity index (χ0v) is 11.9. The van der Waals surface area contributed by atoms with E-state index < -0.39 is 0 Å². The summed E-state index contributed by atoms with van der Waals surface area (Å²) in [5.41, 5.74) is 1.29. The number of benzene rings is 1. The summed E-state index contributed by atoms with van der Waals surface area (Å²) < 4.78 is 5.99. The van der Waals surface area contributed by atoms with Gasteiger partial charge in [-0.05, 0) is 38.5 Å². The fourth-order valence-corrected chi connectivity index (χ4v) is 3.19. The standard InChI is InChI=1S/C16H19NO3/c1-16(2)9-13(17-7-3-4-15(17)19)12-8-11(10-18)5-6-14(12)20-16/h5-6,8,10,13H,3-4,7,9H2,1-2H3.